The molecular weight excluding hydrogens is 376 g/mol. The van der Waals surface area contributed by atoms with E-state index in [0.717, 1.165) is 5.56 Å². The highest BCUT2D eigenvalue weighted by atomic mass is 16.5. The third-order valence-corrected chi connectivity index (χ3v) is 3.79. The summed E-state index contributed by atoms with van der Waals surface area (Å²) in [6.45, 7) is 1.36. The minimum Gasteiger partial charge on any atom is -0.452 e. The first-order chi connectivity index (χ1) is 14.0. The topological polar surface area (TPSA) is 128 Å². The van der Waals surface area contributed by atoms with E-state index in [2.05, 4.69) is 26.2 Å². The molecule has 29 heavy (non-hydrogen) atoms. The molecular formula is C19H18N6O4. The van der Waals surface area contributed by atoms with Crippen molar-refractivity contribution in [3.05, 3.63) is 66.0 Å². The van der Waals surface area contributed by atoms with E-state index < -0.39 is 24.4 Å². The van der Waals surface area contributed by atoms with Gasteiger partial charge in [-0.05, 0) is 41.6 Å². The maximum atomic E-state index is 12.4. The lowest BCUT2D eigenvalue weighted by Crippen LogP contribution is -2.23. The average Bonchev–Trinajstić information content (AvgIpc) is 3.21. The van der Waals surface area contributed by atoms with Crippen molar-refractivity contribution in [1.82, 2.24) is 20.2 Å². The predicted octanol–water partition coefficient (Wildman–Crippen LogP) is 1.42. The molecule has 148 valence electrons. The van der Waals surface area contributed by atoms with Crippen molar-refractivity contribution in [2.24, 2.45) is 0 Å². The highest BCUT2D eigenvalue weighted by Crippen LogP contribution is 2.16. The fraction of sp³-hybridized carbons (Fsp3) is 0.158. The van der Waals surface area contributed by atoms with Crippen LogP contribution in [0.2, 0.25) is 0 Å². The number of esters is 1. The molecule has 1 heterocycles. The Kier molecular flexibility index (Phi) is 6.25. The van der Waals surface area contributed by atoms with Gasteiger partial charge < -0.3 is 15.4 Å². The smallest absolute Gasteiger partial charge is 0.340 e. The molecule has 2 aromatic carbocycles. The molecule has 3 aromatic rings. The van der Waals surface area contributed by atoms with Crippen molar-refractivity contribution in [1.29, 1.82) is 0 Å². The zero-order chi connectivity index (χ0) is 20.6. The number of carbonyl (C=O) groups excluding carboxylic acids is 3. The van der Waals surface area contributed by atoms with E-state index in [1.165, 1.54) is 17.1 Å². The maximum absolute atomic E-state index is 12.4. The van der Waals surface area contributed by atoms with E-state index in [-0.39, 0.29) is 17.8 Å². The minimum absolute atomic E-state index is 0.116. The number of hydrogen-bond acceptors (Lipinski definition) is 7. The van der Waals surface area contributed by atoms with Gasteiger partial charge in [-0.15, -0.1) is 5.10 Å². The normalized spacial score (nSPS) is 10.2. The van der Waals surface area contributed by atoms with Gasteiger partial charge in [0.15, 0.2) is 6.61 Å². The monoisotopic (exact) mass is 394 g/mol. The summed E-state index contributed by atoms with van der Waals surface area (Å²) in [5.74, 6) is -1.63. The Balaban J connectivity index is 1.57. The molecule has 0 fully saturated rings. The van der Waals surface area contributed by atoms with Crippen molar-refractivity contribution >= 4 is 29.2 Å². The lowest BCUT2D eigenvalue weighted by molar-refractivity contribution is -0.119. The summed E-state index contributed by atoms with van der Waals surface area (Å²) in [6, 6.07) is 13.6. The van der Waals surface area contributed by atoms with Crippen LogP contribution < -0.4 is 10.6 Å². The molecule has 10 heteroatoms. The fourth-order valence-electron chi connectivity index (χ4n) is 2.40. The van der Waals surface area contributed by atoms with E-state index in [4.69, 9.17) is 4.74 Å². The lowest BCUT2D eigenvalue weighted by Gasteiger charge is -2.11. The largest absolute Gasteiger partial charge is 0.452 e. The summed E-state index contributed by atoms with van der Waals surface area (Å²) in [5, 5.41) is 15.7. The van der Waals surface area contributed by atoms with Gasteiger partial charge >= 0.3 is 5.97 Å². The Morgan fingerprint density at radius 1 is 1.00 bits per heavy atom. The molecule has 0 radical (unpaired) electrons. The lowest BCUT2D eigenvalue weighted by atomic mass is 10.2. The van der Waals surface area contributed by atoms with Crippen LogP contribution in [0, 0.1) is 6.92 Å². The summed E-state index contributed by atoms with van der Waals surface area (Å²) < 4.78 is 6.32. The number of anilines is 2. The zero-order valence-electron chi connectivity index (χ0n) is 15.5. The summed E-state index contributed by atoms with van der Waals surface area (Å²) >= 11 is 0. The molecule has 0 bridgehead atoms. The van der Waals surface area contributed by atoms with Crippen LogP contribution in [0.25, 0.3) is 0 Å². The Morgan fingerprint density at radius 2 is 1.76 bits per heavy atom. The van der Waals surface area contributed by atoms with E-state index >= 15 is 0 Å². The highest BCUT2D eigenvalue weighted by molar-refractivity contribution is 6.02. The molecule has 0 unspecified atom stereocenters. The van der Waals surface area contributed by atoms with Gasteiger partial charge in [0.25, 0.3) is 5.91 Å². The first kappa shape index (κ1) is 19.7. The quantitative estimate of drug-likeness (QED) is 0.580. The molecule has 0 spiro atoms. The zero-order valence-corrected chi connectivity index (χ0v) is 15.5. The Bertz CT molecular complexity index is 1000. The van der Waals surface area contributed by atoms with Crippen LogP contribution in [0.4, 0.5) is 11.4 Å². The van der Waals surface area contributed by atoms with Gasteiger partial charge in [0.2, 0.25) is 5.91 Å². The van der Waals surface area contributed by atoms with Crippen LogP contribution in [-0.4, -0.2) is 44.6 Å². The van der Waals surface area contributed by atoms with Gasteiger partial charge in [0.1, 0.15) is 12.9 Å². The van der Waals surface area contributed by atoms with E-state index in [9.17, 15) is 14.4 Å². The molecule has 0 aliphatic heterocycles. The van der Waals surface area contributed by atoms with Gasteiger partial charge in [-0.2, -0.15) is 0 Å². The summed E-state index contributed by atoms with van der Waals surface area (Å²) in [4.78, 5) is 36.5. The van der Waals surface area contributed by atoms with E-state index in [1.807, 2.05) is 19.1 Å². The van der Waals surface area contributed by atoms with Crippen molar-refractivity contribution < 1.29 is 19.1 Å². The third-order valence-electron chi connectivity index (χ3n) is 3.79. The van der Waals surface area contributed by atoms with Crippen LogP contribution in [0.1, 0.15) is 15.9 Å². The fourth-order valence-corrected chi connectivity index (χ4v) is 2.40. The first-order valence-corrected chi connectivity index (χ1v) is 8.64. The Morgan fingerprint density at radius 3 is 2.48 bits per heavy atom. The molecule has 0 atom stereocenters. The number of ether oxygens (including phenoxy) is 1. The number of carbonyl (C=O) groups is 3. The molecule has 0 aliphatic carbocycles. The number of benzene rings is 2. The standard InChI is InChI=1S/C19H18N6O4/c1-13-6-8-14(9-7-13)21-18(27)11-29-19(28)15-4-2-3-5-16(15)22-17(26)10-25-12-20-23-24-25/h2-9,12H,10-11H2,1H3,(H,21,27)(H,22,26). The SMILES string of the molecule is Cc1ccc(NC(=O)COC(=O)c2ccccc2NC(=O)Cn2cnnn2)cc1. The maximum Gasteiger partial charge on any atom is 0.340 e. The van der Waals surface area contributed by atoms with Crippen LogP contribution >= 0.6 is 0 Å². The number of hydrogen-bond donors (Lipinski definition) is 2. The van der Waals surface area contributed by atoms with Crippen molar-refractivity contribution in [3.63, 3.8) is 0 Å². The van der Waals surface area contributed by atoms with Crippen LogP contribution in [0.15, 0.2) is 54.9 Å². The van der Waals surface area contributed by atoms with E-state index in [1.54, 1.807) is 30.3 Å². The first-order valence-electron chi connectivity index (χ1n) is 8.64. The summed E-state index contributed by atoms with van der Waals surface area (Å²) in [6.07, 6.45) is 1.30. The average molecular weight is 394 g/mol. The summed E-state index contributed by atoms with van der Waals surface area (Å²) in [7, 11) is 0. The molecule has 1 aromatic heterocycles. The van der Waals surface area contributed by atoms with Crippen molar-refractivity contribution in [2.75, 3.05) is 17.2 Å². The number of aryl methyl sites for hydroxylation is 1. The molecule has 2 N–H and O–H groups in total. The number of para-hydroxylation sites is 1. The van der Waals surface area contributed by atoms with Crippen LogP contribution in [0.3, 0.4) is 0 Å². The van der Waals surface area contributed by atoms with Gasteiger partial charge in [-0.25, -0.2) is 9.48 Å². The second kappa shape index (κ2) is 9.22. The number of nitrogens with one attached hydrogen (secondary N) is 2. The van der Waals surface area contributed by atoms with Gasteiger partial charge in [0, 0.05) is 5.69 Å². The van der Waals surface area contributed by atoms with E-state index in [0.29, 0.717) is 5.69 Å². The second-order valence-corrected chi connectivity index (χ2v) is 6.09. The predicted molar refractivity (Wildman–Crippen MR) is 103 cm³/mol. The number of amides is 2. The Labute approximate surface area is 165 Å². The molecule has 0 saturated heterocycles. The summed E-state index contributed by atoms with van der Waals surface area (Å²) in [5.41, 5.74) is 2.05. The molecule has 2 amide bonds. The number of tetrazole rings is 1. The van der Waals surface area contributed by atoms with Gasteiger partial charge in [0.05, 0.1) is 11.3 Å². The minimum atomic E-state index is -0.734. The molecule has 10 nitrogen and oxygen atoms in total. The number of nitrogens with zero attached hydrogens (tertiary/aromatic N) is 4. The number of aromatic nitrogens is 4. The highest BCUT2D eigenvalue weighted by Gasteiger charge is 2.16. The third kappa shape index (κ3) is 5.70. The molecule has 0 aliphatic rings. The molecule has 3 rings (SSSR count). The van der Waals surface area contributed by atoms with Gasteiger partial charge in [-0.1, -0.05) is 29.8 Å². The second-order valence-electron chi connectivity index (χ2n) is 6.09. The van der Waals surface area contributed by atoms with Crippen LogP contribution in [0.5, 0.6) is 0 Å². The van der Waals surface area contributed by atoms with Crippen LogP contribution in [-0.2, 0) is 20.9 Å². The number of rotatable bonds is 7. The molecule has 0 saturated carbocycles. The van der Waals surface area contributed by atoms with Crippen molar-refractivity contribution in [2.45, 2.75) is 13.5 Å². The van der Waals surface area contributed by atoms with Gasteiger partial charge in [-0.3, -0.25) is 9.59 Å². The Hall–Kier alpha value is -4.08. The van der Waals surface area contributed by atoms with Crippen molar-refractivity contribution in [3.8, 4) is 0 Å².